The van der Waals surface area contributed by atoms with Crippen LogP contribution >= 0.6 is 11.3 Å². The standard InChI is InChI=1S/C15H16N2OS/c1-11-3-2-4-12(7-11)13(10-18)8-14-9-17-5-6-19-15(17)16-14/h2-7,9,13,18H,8,10H2,1H3. The van der Waals surface area contributed by atoms with Crippen LogP contribution in [0.3, 0.4) is 0 Å². The van der Waals surface area contributed by atoms with E-state index >= 15 is 0 Å². The molecule has 0 fully saturated rings. The third-order valence-corrected chi connectivity index (χ3v) is 4.10. The van der Waals surface area contributed by atoms with Crippen LogP contribution in [-0.2, 0) is 6.42 Å². The Morgan fingerprint density at radius 1 is 1.42 bits per heavy atom. The average Bonchev–Trinajstić information content (AvgIpc) is 2.96. The number of imidazole rings is 1. The second-order valence-corrected chi connectivity index (χ2v) is 5.70. The molecule has 1 aromatic carbocycles. The Hall–Kier alpha value is -1.65. The fourth-order valence-corrected chi connectivity index (χ4v) is 3.06. The first-order valence-corrected chi connectivity index (χ1v) is 7.23. The van der Waals surface area contributed by atoms with E-state index in [-0.39, 0.29) is 12.5 Å². The Balaban J connectivity index is 1.85. The minimum atomic E-state index is 0.115. The van der Waals surface area contributed by atoms with Crippen molar-refractivity contribution in [2.75, 3.05) is 6.61 Å². The second-order valence-electron chi connectivity index (χ2n) is 4.82. The monoisotopic (exact) mass is 272 g/mol. The molecule has 0 aliphatic carbocycles. The first-order chi connectivity index (χ1) is 9.26. The Labute approximate surface area is 116 Å². The van der Waals surface area contributed by atoms with E-state index in [4.69, 9.17) is 0 Å². The summed E-state index contributed by atoms with van der Waals surface area (Å²) in [6, 6.07) is 8.33. The topological polar surface area (TPSA) is 37.5 Å². The molecule has 2 aromatic heterocycles. The number of rotatable bonds is 4. The summed E-state index contributed by atoms with van der Waals surface area (Å²) in [5.41, 5.74) is 3.44. The van der Waals surface area contributed by atoms with Gasteiger partial charge in [-0.3, -0.25) is 4.40 Å². The Morgan fingerprint density at radius 3 is 3.05 bits per heavy atom. The first-order valence-electron chi connectivity index (χ1n) is 6.35. The van der Waals surface area contributed by atoms with Crippen LogP contribution in [0.2, 0.25) is 0 Å². The van der Waals surface area contributed by atoms with Gasteiger partial charge in [0.25, 0.3) is 0 Å². The van der Waals surface area contributed by atoms with Crippen molar-refractivity contribution >= 4 is 16.3 Å². The van der Waals surface area contributed by atoms with Gasteiger partial charge in [0.15, 0.2) is 4.96 Å². The maximum atomic E-state index is 9.63. The number of aryl methyl sites for hydroxylation is 1. The highest BCUT2D eigenvalue weighted by molar-refractivity contribution is 7.15. The Kier molecular flexibility index (Phi) is 3.36. The zero-order chi connectivity index (χ0) is 13.2. The number of thiazole rings is 1. The molecule has 4 heteroatoms. The summed E-state index contributed by atoms with van der Waals surface area (Å²) in [4.78, 5) is 5.59. The molecule has 0 aliphatic heterocycles. The summed E-state index contributed by atoms with van der Waals surface area (Å²) in [5, 5.41) is 11.6. The molecule has 0 spiro atoms. The van der Waals surface area contributed by atoms with E-state index in [9.17, 15) is 5.11 Å². The molecule has 0 saturated carbocycles. The third-order valence-electron chi connectivity index (χ3n) is 3.33. The van der Waals surface area contributed by atoms with Gasteiger partial charge in [0.05, 0.1) is 12.3 Å². The summed E-state index contributed by atoms with van der Waals surface area (Å²) in [5.74, 6) is 0.115. The number of aliphatic hydroxyl groups is 1. The largest absolute Gasteiger partial charge is 0.396 e. The molecule has 3 nitrogen and oxygen atoms in total. The van der Waals surface area contributed by atoms with Crippen LogP contribution in [0.4, 0.5) is 0 Å². The maximum Gasteiger partial charge on any atom is 0.193 e. The lowest BCUT2D eigenvalue weighted by atomic mass is 9.94. The zero-order valence-electron chi connectivity index (χ0n) is 10.8. The summed E-state index contributed by atoms with van der Waals surface area (Å²) < 4.78 is 2.03. The van der Waals surface area contributed by atoms with Crippen LogP contribution in [-0.4, -0.2) is 21.1 Å². The minimum Gasteiger partial charge on any atom is -0.396 e. The third kappa shape index (κ3) is 2.55. The van der Waals surface area contributed by atoms with Gasteiger partial charge in [0.1, 0.15) is 0 Å². The molecular formula is C15H16N2OS. The molecule has 0 radical (unpaired) electrons. The predicted octanol–water partition coefficient (Wildman–Crippen LogP) is 3.02. The normalized spacial score (nSPS) is 12.9. The van der Waals surface area contributed by atoms with Crippen molar-refractivity contribution in [3.63, 3.8) is 0 Å². The van der Waals surface area contributed by atoms with Crippen LogP contribution in [0, 0.1) is 6.92 Å². The lowest BCUT2D eigenvalue weighted by molar-refractivity contribution is 0.264. The van der Waals surface area contributed by atoms with Crippen molar-refractivity contribution in [1.82, 2.24) is 9.38 Å². The molecule has 3 aromatic rings. The van der Waals surface area contributed by atoms with Crippen molar-refractivity contribution in [3.8, 4) is 0 Å². The van der Waals surface area contributed by atoms with E-state index in [1.54, 1.807) is 11.3 Å². The van der Waals surface area contributed by atoms with Crippen LogP contribution in [0.5, 0.6) is 0 Å². The zero-order valence-corrected chi connectivity index (χ0v) is 11.6. The van der Waals surface area contributed by atoms with Gasteiger partial charge in [-0.25, -0.2) is 4.98 Å². The van der Waals surface area contributed by atoms with Crippen molar-refractivity contribution < 1.29 is 5.11 Å². The summed E-state index contributed by atoms with van der Waals surface area (Å²) >= 11 is 1.63. The van der Waals surface area contributed by atoms with Crippen LogP contribution in [0.1, 0.15) is 22.7 Å². The van der Waals surface area contributed by atoms with Gasteiger partial charge in [-0.05, 0) is 12.5 Å². The summed E-state index contributed by atoms with van der Waals surface area (Å²) in [6.07, 6.45) is 4.83. The predicted molar refractivity (Wildman–Crippen MR) is 77.8 cm³/mol. The lowest BCUT2D eigenvalue weighted by Gasteiger charge is -2.13. The number of aromatic nitrogens is 2. The van der Waals surface area contributed by atoms with Crippen molar-refractivity contribution in [2.45, 2.75) is 19.3 Å². The minimum absolute atomic E-state index is 0.115. The molecule has 1 atom stereocenters. The van der Waals surface area contributed by atoms with Crippen LogP contribution < -0.4 is 0 Å². The molecule has 1 unspecified atom stereocenters. The molecule has 3 rings (SSSR count). The van der Waals surface area contributed by atoms with Gasteiger partial charge in [-0.1, -0.05) is 29.8 Å². The van der Waals surface area contributed by atoms with Crippen molar-refractivity contribution in [3.05, 3.63) is 58.9 Å². The maximum absolute atomic E-state index is 9.63. The molecule has 98 valence electrons. The van der Waals surface area contributed by atoms with E-state index in [0.717, 1.165) is 17.1 Å². The highest BCUT2D eigenvalue weighted by Gasteiger charge is 2.14. The fourth-order valence-electron chi connectivity index (χ4n) is 2.34. The van der Waals surface area contributed by atoms with Crippen LogP contribution in [0.15, 0.2) is 42.0 Å². The molecular weight excluding hydrogens is 256 g/mol. The summed E-state index contributed by atoms with van der Waals surface area (Å²) in [7, 11) is 0. The van der Waals surface area contributed by atoms with E-state index in [2.05, 4.69) is 30.1 Å². The SMILES string of the molecule is Cc1cccc(C(CO)Cc2cn3ccsc3n2)c1. The first kappa shape index (κ1) is 12.4. The number of hydrogen-bond donors (Lipinski definition) is 1. The highest BCUT2D eigenvalue weighted by Crippen LogP contribution is 2.22. The molecule has 0 saturated heterocycles. The van der Waals surface area contributed by atoms with Gasteiger partial charge < -0.3 is 5.11 Å². The number of hydrogen-bond acceptors (Lipinski definition) is 3. The van der Waals surface area contributed by atoms with E-state index in [1.807, 2.05) is 28.2 Å². The quantitative estimate of drug-likeness (QED) is 0.792. The van der Waals surface area contributed by atoms with Gasteiger partial charge in [0, 0.05) is 30.1 Å². The van der Waals surface area contributed by atoms with Crippen molar-refractivity contribution in [1.29, 1.82) is 0 Å². The number of fused-ring (bicyclic) bond motifs is 1. The fraction of sp³-hybridized carbons (Fsp3) is 0.267. The van der Waals surface area contributed by atoms with Crippen molar-refractivity contribution in [2.24, 2.45) is 0 Å². The average molecular weight is 272 g/mol. The molecule has 0 amide bonds. The second kappa shape index (κ2) is 5.15. The number of nitrogens with zero attached hydrogens (tertiary/aromatic N) is 2. The Bertz CT molecular complexity index is 658. The van der Waals surface area contributed by atoms with E-state index < -0.39 is 0 Å². The molecule has 2 heterocycles. The van der Waals surface area contributed by atoms with Gasteiger partial charge in [0.2, 0.25) is 0 Å². The van der Waals surface area contributed by atoms with Crippen LogP contribution in [0.25, 0.3) is 4.96 Å². The highest BCUT2D eigenvalue weighted by atomic mass is 32.1. The lowest BCUT2D eigenvalue weighted by Crippen LogP contribution is -2.08. The van der Waals surface area contributed by atoms with Gasteiger partial charge in [-0.2, -0.15) is 0 Å². The molecule has 0 aliphatic rings. The molecule has 19 heavy (non-hydrogen) atoms. The van der Waals surface area contributed by atoms with E-state index in [1.165, 1.54) is 11.1 Å². The van der Waals surface area contributed by atoms with Gasteiger partial charge in [-0.15, -0.1) is 11.3 Å². The summed E-state index contributed by atoms with van der Waals surface area (Å²) in [6.45, 7) is 2.22. The molecule has 1 N–H and O–H groups in total. The number of benzene rings is 1. The Morgan fingerprint density at radius 2 is 2.32 bits per heavy atom. The molecule has 0 bridgehead atoms. The van der Waals surface area contributed by atoms with Gasteiger partial charge >= 0.3 is 0 Å². The smallest absolute Gasteiger partial charge is 0.193 e. The van der Waals surface area contributed by atoms with E-state index in [0.29, 0.717) is 0 Å². The number of aliphatic hydroxyl groups excluding tert-OH is 1.